The van der Waals surface area contributed by atoms with Crippen LogP contribution in [0.4, 0.5) is 0 Å². The van der Waals surface area contributed by atoms with Crippen molar-refractivity contribution in [3.05, 3.63) is 29.3 Å². The van der Waals surface area contributed by atoms with Crippen molar-refractivity contribution in [3.8, 4) is 5.75 Å². The number of carbonyl (C=O) groups excluding carboxylic acids is 1. The van der Waals surface area contributed by atoms with E-state index in [1.807, 2.05) is 6.07 Å². The van der Waals surface area contributed by atoms with Crippen LogP contribution in [0, 0.1) is 5.92 Å². The van der Waals surface area contributed by atoms with Crippen molar-refractivity contribution in [2.75, 3.05) is 19.8 Å². The summed E-state index contributed by atoms with van der Waals surface area (Å²) >= 11 is 0. The molecule has 0 radical (unpaired) electrons. The summed E-state index contributed by atoms with van der Waals surface area (Å²) in [7, 11) is 0. The minimum atomic E-state index is 0.368. The second-order valence-corrected chi connectivity index (χ2v) is 5.51. The molecule has 3 nitrogen and oxygen atoms in total. The maximum absolute atomic E-state index is 11.9. The van der Waals surface area contributed by atoms with E-state index in [1.165, 1.54) is 11.1 Å². The lowest BCUT2D eigenvalue weighted by atomic mass is 9.97. The fourth-order valence-corrected chi connectivity index (χ4v) is 2.85. The van der Waals surface area contributed by atoms with Crippen LogP contribution in [0.25, 0.3) is 0 Å². The van der Waals surface area contributed by atoms with E-state index in [2.05, 4.69) is 12.1 Å². The van der Waals surface area contributed by atoms with Gasteiger partial charge in [0.2, 0.25) is 0 Å². The van der Waals surface area contributed by atoms with Crippen LogP contribution in [0.3, 0.4) is 0 Å². The highest BCUT2D eigenvalue weighted by Gasteiger charge is 2.19. The number of fused-ring (bicyclic) bond motifs is 1. The lowest BCUT2D eigenvalue weighted by Crippen LogP contribution is -2.09. The van der Waals surface area contributed by atoms with Gasteiger partial charge < -0.3 is 9.47 Å². The topological polar surface area (TPSA) is 35.5 Å². The number of aryl methyl sites for hydroxylation is 1. The van der Waals surface area contributed by atoms with E-state index in [-0.39, 0.29) is 0 Å². The highest BCUT2D eigenvalue weighted by atomic mass is 16.5. The lowest BCUT2D eigenvalue weighted by molar-refractivity contribution is -0.119. The molecule has 2 aliphatic heterocycles. The van der Waals surface area contributed by atoms with Crippen LogP contribution >= 0.6 is 0 Å². The van der Waals surface area contributed by atoms with Crippen LogP contribution in [-0.2, 0) is 22.4 Å². The predicted molar refractivity (Wildman–Crippen MR) is 72.5 cm³/mol. The predicted octanol–water partition coefficient (Wildman–Crippen LogP) is 2.55. The summed E-state index contributed by atoms with van der Waals surface area (Å²) in [4.78, 5) is 11.9. The SMILES string of the molecule is O=C(CCc1ccc2c(c1)CCO2)CC1CCOC1. The molecule has 1 unspecified atom stereocenters. The molecule has 0 bridgehead atoms. The van der Waals surface area contributed by atoms with Crippen LogP contribution in [0.5, 0.6) is 5.75 Å². The molecule has 0 amide bonds. The van der Waals surface area contributed by atoms with Crippen molar-refractivity contribution in [2.24, 2.45) is 5.92 Å². The number of hydrogen-bond donors (Lipinski definition) is 0. The van der Waals surface area contributed by atoms with E-state index in [9.17, 15) is 4.79 Å². The van der Waals surface area contributed by atoms with Gasteiger partial charge in [-0.3, -0.25) is 4.79 Å². The van der Waals surface area contributed by atoms with Crippen molar-refractivity contribution >= 4 is 5.78 Å². The second-order valence-electron chi connectivity index (χ2n) is 5.51. The Morgan fingerprint density at radius 3 is 3.11 bits per heavy atom. The summed E-state index contributed by atoms with van der Waals surface area (Å²) in [5, 5.41) is 0. The van der Waals surface area contributed by atoms with E-state index < -0.39 is 0 Å². The molecular formula is C16H20O3. The molecule has 1 atom stereocenters. The molecule has 19 heavy (non-hydrogen) atoms. The van der Waals surface area contributed by atoms with Crippen LogP contribution in [0.1, 0.15) is 30.4 Å². The molecule has 0 saturated carbocycles. The van der Waals surface area contributed by atoms with Gasteiger partial charge in [-0.15, -0.1) is 0 Å². The van der Waals surface area contributed by atoms with Crippen LogP contribution in [0.2, 0.25) is 0 Å². The zero-order valence-electron chi connectivity index (χ0n) is 11.2. The maximum Gasteiger partial charge on any atom is 0.133 e. The van der Waals surface area contributed by atoms with Gasteiger partial charge in [0.15, 0.2) is 0 Å². The normalized spacial score (nSPS) is 21.2. The van der Waals surface area contributed by atoms with E-state index >= 15 is 0 Å². The van der Waals surface area contributed by atoms with Crippen molar-refractivity contribution in [1.82, 2.24) is 0 Å². The smallest absolute Gasteiger partial charge is 0.133 e. The molecule has 1 aromatic rings. The molecule has 1 aromatic carbocycles. The molecule has 0 spiro atoms. The number of hydrogen-bond acceptors (Lipinski definition) is 3. The van der Waals surface area contributed by atoms with Crippen molar-refractivity contribution in [1.29, 1.82) is 0 Å². The van der Waals surface area contributed by atoms with Gasteiger partial charge in [0, 0.05) is 32.5 Å². The third kappa shape index (κ3) is 3.16. The van der Waals surface area contributed by atoms with Crippen LogP contribution in [-0.4, -0.2) is 25.6 Å². The van der Waals surface area contributed by atoms with Gasteiger partial charge in [-0.05, 0) is 36.0 Å². The Balaban J connectivity index is 1.50. The number of ketones is 1. The molecule has 3 rings (SSSR count). The first-order valence-electron chi connectivity index (χ1n) is 7.15. The number of Topliss-reactive ketones (excluding diaryl/α,β-unsaturated/α-hetero) is 1. The first kappa shape index (κ1) is 12.7. The fraction of sp³-hybridized carbons (Fsp3) is 0.562. The van der Waals surface area contributed by atoms with Crippen molar-refractivity contribution in [3.63, 3.8) is 0 Å². The molecule has 3 heteroatoms. The molecule has 1 fully saturated rings. The number of benzene rings is 1. The minimum absolute atomic E-state index is 0.368. The summed E-state index contributed by atoms with van der Waals surface area (Å²) < 4.78 is 10.8. The van der Waals surface area contributed by atoms with E-state index in [0.29, 0.717) is 24.5 Å². The fourth-order valence-electron chi connectivity index (χ4n) is 2.85. The van der Waals surface area contributed by atoms with E-state index in [1.54, 1.807) is 0 Å². The first-order chi connectivity index (χ1) is 9.31. The average molecular weight is 260 g/mol. The zero-order chi connectivity index (χ0) is 13.1. The van der Waals surface area contributed by atoms with Gasteiger partial charge in [0.05, 0.1) is 6.61 Å². The molecule has 102 valence electrons. The number of rotatable bonds is 5. The van der Waals surface area contributed by atoms with Gasteiger partial charge in [0.1, 0.15) is 11.5 Å². The molecule has 0 aliphatic carbocycles. The zero-order valence-corrected chi connectivity index (χ0v) is 11.2. The Labute approximate surface area is 113 Å². The molecular weight excluding hydrogens is 240 g/mol. The van der Waals surface area contributed by atoms with E-state index in [0.717, 1.165) is 44.8 Å². The third-order valence-corrected chi connectivity index (χ3v) is 3.99. The lowest BCUT2D eigenvalue weighted by Gasteiger charge is -2.07. The number of ether oxygens (including phenoxy) is 2. The van der Waals surface area contributed by atoms with Gasteiger partial charge in [-0.2, -0.15) is 0 Å². The highest BCUT2D eigenvalue weighted by molar-refractivity contribution is 5.78. The first-order valence-corrected chi connectivity index (χ1v) is 7.15. The second kappa shape index (κ2) is 5.74. The molecule has 2 aliphatic rings. The summed E-state index contributed by atoms with van der Waals surface area (Å²) in [5.41, 5.74) is 2.54. The minimum Gasteiger partial charge on any atom is -0.493 e. The standard InChI is InChI=1S/C16H20O3/c17-15(10-13-5-7-18-11-13)3-1-12-2-4-16-14(9-12)6-8-19-16/h2,4,9,13H,1,3,5-8,10-11H2. The van der Waals surface area contributed by atoms with Crippen LogP contribution < -0.4 is 4.74 Å². The Bertz CT molecular complexity index is 461. The van der Waals surface area contributed by atoms with Crippen molar-refractivity contribution in [2.45, 2.75) is 32.1 Å². The molecule has 2 heterocycles. The van der Waals surface area contributed by atoms with Gasteiger partial charge in [0.25, 0.3) is 0 Å². The van der Waals surface area contributed by atoms with Gasteiger partial charge >= 0.3 is 0 Å². The quantitative estimate of drug-likeness (QED) is 0.816. The van der Waals surface area contributed by atoms with Gasteiger partial charge in [-0.25, -0.2) is 0 Å². The Hall–Kier alpha value is -1.35. The van der Waals surface area contributed by atoms with Crippen molar-refractivity contribution < 1.29 is 14.3 Å². The maximum atomic E-state index is 11.9. The number of carbonyl (C=O) groups is 1. The average Bonchev–Trinajstić information content (AvgIpc) is 3.06. The Morgan fingerprint density at radius 1 is 1.32 bits per heavy atom. The Kier molecular flexibility index (Phi) is 3.83. The molecule has 1 saturated heterocycles. The summed E-state index contributed by atoms with van der Waals surface area (Å²) in [6.45, 7) is 2.38. The summed E-state index contributed by atoms with van der Waals surface area (Å²) in [5.74, 6) is 1.84. The highest BCUT2D eigenvalue weighted by Crippen LogP contribution is 2.26. The van der Waals surface area contributed by atoms with Gasteiger partial charge in [-0.1, -0.05) is 12.1 Å². The Morgan fingerprint density at radius 2 is 2.26 bits per heavy atom. The summed E-state index contributed by atoms with van der Waals surface area (Å²) in [6.07, 6.45) is 4.22. The van der Waals surface area contributed by atoms with Crippen LogP contribution in [0.15, 0.2) is 18.2 Å². The molecule has 0 N–H and O–H groups in total. The summed E-state index contributed by atoms with van der Waals surface area (Å²) in [6, 6.07) is 6.30. The third-order valence-electron chi connectivity index (χ3n) is 3.99. The molecule has 0 aromatic heterocycles. The van der Waals surface area contributed by atoms with E-state index in [4.69, 9.17) is 9.47 Å². The monoisotopic (exact) mass is 260 g/mol. The largest absolute Gasteiger partial charge is 0.493 e.